The van der Waals surface area contributed by atoms with Gasteiger partial charge in [0, 0.05) is 13.1 Å². The monoisotopic (exact) mass is 273 g/mol. The summed E-state index contributed by atoms with van der Waals surface area (Å²) in [4.78, 5) is 13.3. The number of hydrogen-bond acceptors (Lipinski definition) is 5. The molecule has 6 heteroatoms. The third-order valence-electron chi connectivity index (χ3n) is 2.61. The molecule has 19 heavy (non-hydrogen) atoms. The Morgan fingerprint density at radius 3 is 1.53 bits per heavy atom. The third-order valence-corrected chi connectivity index (χ3v) is 2.61. The second-order valence-electron chi connectivity index (χ2n) is 3.98. The van der Waals surface area contributed by atoms with Gasteiger partial charge in [-0.05, 0) is 6.08 Å². The standard InChI is InChI=1S/C13H23NO5/c1-2-13(15)14-3-5-16-7-9-18-11-12-19-10-8-17-6-4-14/h2H,1,3-12H2. The molecule has 0 atom stereocenters. The average Bonchev–Trinajstić information content (AvgIpc) is 2.44. The molecule has 0 aromatic carbocycles. The van der Waals surface area contributed by atoms with Crippen LogP contribution in [0.25, 0.3) is 0 Å². The van der Waals surface area contributed by atoms with E-state index in [-0.39, 0.29) is 5.91 Å². The highest BCUT2D eigenvalue weighted by Gasteiger charge is 2.09. The summed E-state index contributed by atoms with van der Waals surface area (Å²) in [6.07, 6.45) is 1.31. The molecule has 1 fully saturated rings. The van der Waals surface area contributed by atoms with Crippen molar-refractivity contribution in [1.82, 2.24) is 4.90 Å². The highest BCUT2D eigenvalue weighted by Crippen LogP contribution is 1.94. The minimum Gasteiger partial charge on any atom is -0.377 e. The van der Waals surface area contributed by atoms with Gasteiger partial charge in [-0.15, -0.1) is 0 Å². The molecule has 6 nitrogen and oxygen atoms in total. The molecule has 1 heterocycles. The van der Waals surface area contributed by atoms with Crippen molar-refractivity contribution < 1.29 is 23.7 Å². The van der Waals surface area contributed by atoms with E-state index >= 15 is 0 Å². The maximum Gasteiger partial charge on any atom is 0.246 e. The lowest BCUT2D eigenvalue weighted by Crippen LogP contribution is -2.35. The van der Waals surface area contributed by atoms with Gasteiger partial charge in [-0.2, -0.15) is 0 Å². The summed E-state index contributed by atoms with van der Waals surface area (Å²) in [7, 11) is 0. The van der Waals surface area contributed by atoms with Crippen LogP contribution in [0.15, 0.2) is 12.7 Å². The average molecular weight is 273 g/mol. The SMILES string of the molecule is C=CC(=O)N1CCOCCOCCOCCOCC1. The summed E-state index contributed by atoms with van der Waals surface area (Å²) in [5.74, 6) is -0.107. The lowest BCUT2D eigenvalue weighted by Gasteiger charge is -2.21. The molecule has 1 aliphatic heterocycles. The molecule has 0 spiro atoms. The second-order valence-corrected chi connectivity index (χ2v) is 3.98. The predicted octanol–water partition coefficient (Wildman–Crippen LogP) is 0.0810. The number of carbonyl (C=O) groups excluding carboxylic acids is 1. The number of carbonyl (C=O) groups is 1. The Balaban J connectivity index is 2.33. The Morgan fingerprint density at radius 1 is 0.789 bits per heavy atom. The first-order valence-electron chi connectivity index (χ1n) is 6.57. The van der Waals surface area contributed by atoms with Crippen LogP contribution < -0.4 is 0 Å². The normalized spacial score (nSPS) is 21.2. The van der Waals surface area contributed by atoms with Crippen LogP contribution >= 0.6 is 0 Å². The summed E-state index contributed by atoms with van der Waals surface area (Å²) in [5.41, 5.74) is 0. The summed E-state index contributed by atoms with van der Waals surface area (Å²) < 4.78 is 21.4. The van der Waals surface area contributed by atoms with E-state index in [9.17, 15) is 4.79 Å². The maximum atomic E-state index is 11.6. The van der Waals surface area contributed by atoms with Crippen molar-refractivity contribution in [3.8, 4) is 0 Å². The number of ether oxygens (including phenoxy) is 4. The fourth-order valence-electron chi connectivity index (χ4n) is 1.57. The van der Waals surface area contributed by atoms with Crippen molar-refractivity contribution in [2.75, 3.05) is 65.9 Å². The van der Waals surface area contributed by atoms with Crippen LogP contribution in [0.1, 0.15) is 0 Å². The fourth-order valence-corrected chi connectivity index (χ4v) is 1.57. The van der Waals surface area contributed by atoms with E-state index < -0.39 is 0 Å². The van der Waals surface area contributed by atoms with Crippen molar-refractivity contribution >= 4 is 5.91 Å². The smallest absolute Gasteiger partial charge is 0.246 e. The van der Waals surface area contributed by atoms with E-state index in [1.165, 1.54) is 6.08 Å². The van der Waals surface area contributed by atoms with Crippen LogP contribution in [0.5, 0.6) is 0 Å². The molecule has 0 aliphatic carbocycles. The van der Waals surface area contributed by atoms with Crippen LogP contribution in [-0.2, 0) is 23.7 Å². The number of amides is 1. The largest absolute Gasteiger partial charge is 0.377 e. The lowest BCUT2D eigenvalue weighted by molar-refractivity contribution is -0.127. The Bertz CT molecular complexity index is 243. The molecule has 0 bridgehead atoms. The minimum atomic E-state index is -0.107. The Morgan fingerprint density at radius 2 is 1.16 bits per heavy atom. The molecule has 0 aromatic rings. The van der Waals surface area contributed by atoms with Gasteiger partial charge in [-0.3, -0.25) is 4.79 Å². The molecule has 0 aromatic heterocycles. The molecule has 0 N–H and O–H groups in total. The summed E-state index contributed by atoms with van der Waals surface area (Å²) in [5, 5.41) is 0. The number of hydrogen-bond donors (Lipinski definition) is 0. The van der Waals surface area contributed by atoms with Gasteiger partial charge < -0.3 is 23.8 Å². The highest BCUT2D eigenvalue weighted by atomic mass is 16.6. The highest BCUT2D eigenvalue weighted by molar-refractivity contribution is 5.86. The van der Waals surface area contributed by atoms with E-state index in [0.717, 1.165) is 0 Å². The van der Waals surface area contributed by atoms with E-state index in [2.05, 4.69) is 6.58 Å². The van der Waals surface area contributed by atoms with Gasteiger partial charge in [-0.25, -0.2) is 0 Å². The molecule has 1 saturated heterocycles. The van der Waals surface area contributed by atoms with Gasteiger partial charge in [0.2, 0.25) is 5.91 Å². The van der Waals surface area contributed by atoms with Crippen LogP contribution in [0.4, 0.5) is 0 Å². The summed E-state index contributed by atoms with van der Waals surface area (Å²) >= 11 is 0. The zero-order valence-corrected chi connectivity index (χ0v) is 11.3. The van der Waals surface area contributed by atoms with Crippen LogP contribution in [0, 0.1) is 0 Å². The lowest BCUT2D eigenvalue weighted by atomic mass is 10.4. The van der Waals surface area contributed by atoms with Gasteiger partial charge in [-0.1, -0.05) is 6.58 Å². The van der Waals surface area contributed by atoms with E-state index in [0.29, 0.717) is 65.9 Å². The number of nitrogens with zero attached hydrogens (tertiary/aromatic N) is 1. The maximum absolute atomic E-state index is 11.6. The van der Waals surface area contributed by atoms with E-state index in [4.69, 9.17) is 18.9 Å². The second kappa shape index (κ2) is 10.9. The topological polar surface area (TPSA) is 57.2 Å². The van der Waals surface area contributed by atoms with Crippen LogP contribution in [0.2, 0.25) is 0 Å². The molecule has 1 aliphatic rings. The molecule has 0 unspecified atom stereocenters. The molecule has 0 saturated carbocycles. The van der Waals surface area contributed by atoms with Crippen molar-refractivity contribution in [3.05, 3.63) is 12.7 Å². The minimum absolute atomic E-state index is 0.107. The zero-order valence-electron chi connectivity index (χ0n) is 11.3. The zero-order chi connectivity index (χ0) is 13.8. The molecule has 0 radical (unpaired) electrons. The Kier molecular flexibility index (Phi) is 9.26. The Labute approximate surface area is 114 Å². The molecule has 110 valence electrons. The van der Waals surface area contributed by atoms with Crippen molar-refractivity contribution in [2.45, 2.75) is 0 Å². The van der Waals surface area contributed by atoms with Crippen LogP contribution in [0.3, 0.4) is 0 Å². The van der Waals surface area contributed by atoms with Gasteiger partial charge in [0.15, 0.2) is 0 Å². The fraction of sp³-hybridized carbons (Fsp3) is 0.769. The van der Waals surface area contributed by atoms with Crippen LogP contribution in [-0.4, -0.2) is 76.8 Å². The first-order chi connectivity index (χ1) is 9.34. The van der Waals surface area contributed by atoms with Crippen molar-refractivity contribution in [3.63, 3.8) is 0 Å². The first kappa shape index (κ1) is 16.1. The summed E-state index contributed by atoms with van der Waals surface area (Å²) in [6.45, 7) is 8.76. The Hall–Kier alpha value is -0.950. The third kappa shape index (κ3) is 7.94. The molecular formula is C13H23NO5. The van der Waals surface area contributed by atoms with E-state index in [1.807, 2.05) is 0 Å². The van der Waals surface area contributed by atoms with E-state index in [1.54, 1.807) is 4.90 Å². The molecular weight excluding hydrogens is 250 g/mol. The van der Waals surface area contributed by atoms with Gasteiger partial charge >= 0.3 is 0 Å². The van der Waals surface area contributed by atoms with Crippen molar-refractivity contribution in [1.29, 1.82) is 0 Å². The quantitative estimate of drug-likeness (QED) is 0.633. The van der Waals surface area contributed by atoms with Gasteiger partial charge in [0.1, 0.15) is 0 Å². The number of rotatable bonds is 1. The van der Waals surface area contributed by atoms with Crippen molar-refractivity contribution in [2.24, 2.45) is 0 Å². The van der Waals surface area contributed by atoms with Gasteiger partial charge in [0.25, 0.3) is 0 Å². The molecule has 1 rings (SSSR count). The first-order valence-corrected chi connectivity index (χ1v) is 6.57. The predicted molar refractivity (Wildman–Crippen MR) is 70.1 cm³/mol. The van der Waals surface area contributed by atoms with Gasteiger partial charge in [0.05, 0.1) is 52.9 Å². The molecule has 1 amide bonds. The summed E-state index contributed by atoms with van der Waals surface area (Å²) in [6, 6.07) is 0.